The summed E-state index contributed by atoms with van der Waals surface area (Å²) in [4.78, 5) is 5.56. The van der Waals surface area contributed by atoms with E-state index in [4.69, 9.17) is 23.2 Å². The molecule has 1 aromatic carbocycles. The Kier molecular flexibility index (Phi) is 5.22. The number of thiazole rings is 1. The summed E-state index contributed by atoms with van der Waals surface area (Å²) in [5.74, 6) is 0. The number of benzene rings is 1. The lowest BCUT2D eigenvalue weighted by Crippen LogP contribution is -2.21. The zero-order chi connectivity index (χ0) is 13.8. The van der Waals surface area contributed by atoms with E-state index in [2.05, 4.69) is 17.2 Å². The normalized spacial score (nSPS) is 12.6. The zero-order valence-corrected chi connectivity index (χ0v) is 13.2. The quantitative estimate of drug-likeness (QED) is 0.868. The van der Waals surface area contributed by atoms with Gasteiger partial charge in [-0.25, -0.2) is 4.98 Å². The summed E-state index contributed by atoms with van der Waals surface area (Å²) in [6, 6.07) is 5.96. The Morgan fingerprint density at radius 1 is 1.37 bits per heavy atom. The molecule has 0 saturated carbocycles. The van der Waals surface area contributed by atoms with Crippen LogP contribution >= 0.6 is 34.5 Å². The summed E-state index contributed by atoms with van der Waals surface area (Å²) in [5, 5.41) is 4.90. The van der Waals surface area contributed by atoms with Crippen LogP contribution in [0.25, 0.3) is 0 Å². The van der Waals surface area contributed by atoms with Gasteiger partial charge in [-0.1, -0.05) is 29.3 Å². The molecule has 5 heteroatoms. The predicted molar refractivity (Wildman–Crippen MR) is 83.4 cm³/mol. The highest BCUT2D eigenvalue weighted by Gasteiger charge is 2.10. The molecular weight excluding hydrogens is 299 g/mol. The van der Waals surface area contributed by atoms with Crippen LogP contribution in [0.5, 0.6) is 0 Å². The molecule has 0 bridgehead atoms. The SMILES string of the molecule is Cc1ncsc1C(C)NCCc1ccc(Cl)cc1Cl. The fourth-order valence-electron chi connectivity index (χ4n) is 1.97. The van der Waals surface area contributed by atoms with E-state index in [-0.39, 0.29) is 0 Å². The van der Waals surface area contributed by atoms with Gasteiger partial charge in [0.15, 0.2) is 0 Å². The molecule has 2 rings (SSSR count). The molecule has 0 spiro atoms. The molecule has 0 aliphatic carbocycles. The Morgan fingerprint density at radius 2 is 2.16 bits per heavy atom. The molecule has 1 atom stereocenters. The standard InChI is InChI=1S/C14H16Cl2N2S/c1-9(14-10(2)18-8-19-14)17-6-5-11-3-4-12(15)7-13(11)16/h3-4,7-9,17H,5-6H2,1-2H3. The first-order chi connectivity index (χ1) is 9.08. The first-order valence-corrected chi connectivity index (χ1v) is 7.79. The summed E-state index contributed by atoms with van der Waals surface area (Å²) >= 11 is 13.7. The molecule has 0 amide bonds. The van der Waals surface area contributed by atoms with E-state index in [0.29, 0.717) is 11.1 Å². The predicted octanol–water partition coefficient (Wildman–Crippen LogP) is 4.65. The first-order valence-electron chi connectivity index (χ1n) is 6.15. The van der Waals surface area contributed by atoms with E-state index in [9.17, 15) is 0 Å². The van der Waals surface area contributed by atoms with Crippen molar-refractivity contribution in [1.82, 2.24) is 10.3 Å². The maximum absolute atomic E-state index is 6.15. The molecule has 1 heterocycles. The summed E-state index contributed by atoms with van der Waals surface area (Å²) in [6.07, 6.45) is 0.887. The van der Waals surface area contributed by atoms with Gasteiger partial charge in [-0.05, 0) is 44.5 Å². The van der Waals surface area contributed by atoms with Gasteiger partial charge in [0.25, 0.3) is 0 Å². The summed E-state index contributed by atoms with van der Waals surface area (Å²) < 4.78 is 0. The van der Waals surface area contributed by atoms with E-state index in [1.54, 1.807) is 17.4 Å². The minimum atomic E-state index is 0.318. The van der Waals surface area contributed by atoms with Crippen LogP contribution in [0.3, 0.4) is 0 Å². The van der Waals surface area contributed by atoms with Gasteiger partial charge >= 0.3 is 0 Å². The molecule has 0 saturated heterocycles. The highest BCUT2D eigenvalue weighted by atomic mass is 35.5. The molecule has 0 radical (unpaired) electrons. The van der Waals surface area contributed by atoms with Crippen molar-refractivity contribution in [3.8, 4) is 0 Å². The van der Waals surface area contributed by atoms with Crippen molar-refractivity contribution in [1.29, 1.82) is 0 Å². The Balaban J connectivity index is 1.88. The van der Waals surface area contributed by atoms with Crippen molar-refractivity contribution in [3.05, 3.63) is 49.9 Å². The number of hydrogen-bond donors (Lipinski definition) is 1. The molecule has 1 aromatic heterocycles. The number of halogens is 2. The second-order valence-electron chi connectivity index (χ2n) is 4.46. The second kappa shape index (κ2) is 6.71. The average Bonchev–Trinajstić information content (AvgIpc) is 2.78. The summed E-state index contributed by atoms with van der Waals surface area (Å²) in [7, 11) is 0. The van der Waals surface area contributed by atoms with Crippen molar-refractivity contribution in [2.24, 2.45) is 0 Å². The van der Waals surface area contributed by atoms with Gasteiger partial charge in [-0.2, -0.15) is 0 Å². The third-order valence-corrected chi connectivity index (χ3v) is 4.74. The molecule has 1 N–H and O–H groups in total. The van der Waals surface area contributed by atoms with Crippen molar-refractivity contribution in [3.63, 3.8) is 0 Å². The Hall–Kier alpha value is -0.610. The first kappa shape index (κ1) is 14.8. The van der Waals surface area contributed by atoms with Crippen molar-refractivity contribution in [2.45, 2.75) is 26.3 Å². The van der Waals surface area contributed by atoms with E-state index in [1.165, 1.54) is 4.88 Å². The van der Waals surface area contributed by atoms with E-state index >= 15 is 0 Å². The number of hydrogen-bond acceptors (Lipinski definition) is 3. The van der Waals surface area contributed by atoms with Gasteiger partial charge < -0.3 is 5.32 Å². The van der Waals surface area contributed by atoms with Gasteiger partial charge in [0.2, 0.25) is 0 Å². The van der Waals surface area contributed by atoms with Crippen LogP contribution in [-0.2, 0) is 6.42 Å². The van der Waals surface area contributed by atoms with E-state index < -0.39 is 0 Å². The highest BCUT2D eigenvalue weighted by molar-refractivity contribution is 7.09. The maximum Gasteiger partial charge on any atom is 0.0798 e. The maximum atomic E-state index is 6.15. The van der Waals surface area contributed by atoms with E-state index in [0.717, 1.165) is 29.2 Å². The number of nitrogens with one attached hydrogen (secondary N) is 1. The van der Waals surface area contributed by atoms with Crippen LogP contribution in [0.2, 0.25) is 10.0 Å². The van der Waals surface area contributed by atoms with Gasteiger partial charge in [-0.15, -0.1) is 11.3 Å². The summed E-state index contributed by atoms with van der Waals surface area (Å²) in [5.41, 5.74) is 4.11. The zero-order valence-electron chi connectivity index (χ0n) is 10.9. The van der Waals surface area contributed by atoms with Crippen LogP contribution in [0.1, 0.15) is 29.1 Å². The van der Waals surface area contributed by atoms with Crippen molar-refractivity contribution >= 4 is 34.5 Å². The van der Waals surface area contributed by atoms with Gasteiger partial charge in [-0.3, -0.25) is 0 Å². The monoisotopic (exact) mass is 314 g/mol. The highest BCUT2D eigenvalue weighted by Crippen LogP contribution is 2.23. The molecule has 19 heavy (non-hydrogen) atoms. The topological polar surface area (TPSA) is 24.9 Å². The molecular formula is C14H16Cl2N2S. The smallest absolute Gasteiger partial charge is 0.0798 e. The molecule has 0 aliphatic rings. The third kappa shape index (κ3) is 3.93. The third-order valence-electron chi connectivity index (χ3n) is 3.04. The van der Waals surface area contributed by atoms with E-state index in [1.807, 2.05) is 24.6 Å². The van der Waals surface area contributed by atoms with Crippen LogP contribution in [-0.4, -0.2) is 11.5 Å². The Bertz CT molecular complexity index is 554. The van der Waals surface area contributed by atoms with Crippen molar-refractivity contribution < 1.29 is 0 Å². The van der Waals surface area contributed by atoms with Gasteiger partial charge in [0.05, 0.1) is 11.2 Å². The number of rotatable bonds is 5. The second-order valence-corrected chi connectivity index (χ2v) is 6.19. The average molecular weight is 315 g/mol. The largest absolute Gasteiger partial charge is 0.309 e. The molecule has 2 aromatic rings. The summed E-state index contributed by atoms with van der Waals surface area (Å²) in [6.45, 7) is 5.07. The minimum absolute atomic E-state index is 0.318. The van der Waals surface area contributed by atoms with Gasteiger partial charge in [0, 0.05) is 21.0 Å². The fourth-order valence-corrected chi connectivity index (χ4v) is 3.31. The lowest BCUT2D eigenvalue weighted by atomic mass is 10.1. The molecule has 0 aliphatic heterocycles. The Morgan fingerprint density at radius 3 is 2.79 bits per heavy atom. The van der Waals surface area contributed by atoms with Crippen LogP contribution < -0.4 is 5.32 Å². The van der Waals surface area contributed by atoms with Gasteiger partial charge in [0.1, 0.15) is 0 Å². The minimum Gasteiger partial charge on any atom is -0.309 e. The molecule has 0 fully saturated rings. The number of aromatic nitrogens is 1. The number of nitrogens with zero attached hydrogens (tertiary/aromatic N) is 1. The lowest BCUT2D eigenvalue weighted by molar-refractivity contribution is 0.581. The van der Waals surface area contributed by atoms with Crippen LogP contribution in [0.15, 0.2) is 23.7 Å². The lowest BCUT2D eigenvalue weighted by Gasteiger charge is -2.13. The molecule has 1 unspecified atom stereocenters. The number of aryl methyl sites for hydroxylation is 1. The Labute approximate surface area is 127 Å². The van der Waals surface area contributed by atoms with Crippen LogP contribution in [0, 0.1) is 6.92 Å². The molecule has 2 nitrogen and oxygen atoms in total. The van der Waals surface area contributed by atoms with Crippen molar-refractivity contribution in [2.75, 3.05) is 6.54 Å². The fraction of sp³-hybridized carbons (Fsp3) is 0.357. The molecule has 102 valence electrons. The van der Waals surface area contributed by atoms with Crippen LogP contribution in [0.4, 0.5) is 0 Å².